The van der Waals surface area contributed by atoms with Crippen molar-refractivity contribution in [3.05, 3.63) is 34.2 Å². The molecule has 0 spiro atoms. The lowest BCUT2D eigenvalue weighted by atomic mass is 9.92. The Bertz CT molecular complexity index is 677. The molecular formula is C18H26F3N3O2. The molecule has 1 aromatic rings. The molecule has 2 heterocycles. The van der Waals surface area contributed by atoms with Gasteiger partial charge in [0.05, 0.1) is 0 Å². The van der Waals surface area contributed by atoms with Gasteiger partial charge in [0.15, 0.2) is 0 Å². The molecule has 1 aromatic heterocycles. The summed E-state index contributed by atoms with van der Waals surface area (Å²) in [6.07, 6.45) is -2.35. The molecule has 0 radical (unpaired) electrons. The van der Waals surface area contributed by atoms with Crippen LogP contribution in [0.15, 0.2) is 23.1 Å². The van der Waals surface area contributed by atoms with Crippen LogP contribution in [0.25, 0.3) is 0 Å². The maximum absolute atomic E-state index is 12.8. The maximum atomic E-state index is 12.8. The molecule has 0 saturated carbocycles. The Kier molecular flexibility index (Phi) is 6.49. The average molecular weight is 373 g/mol. The molecule has 1 amide bonds. The molecule has 0 aliphatic carbocycles. The second kappa shape index (κ2) is 8.24. The summed E-state index contributed by atoms with van der Waals surface area (Å²) in [4.78, 5) is 26.3. The van der Waals surface area contributed by atoms with Gasteiger partial charge in [0, 0.05) is 31.9 Å². The van der Waals surface area contributed by atoms with E-state index in [0.717, 1.165) is 29.8 Å². The van der Waals surface area contributed by atoms with Crippen molar-refractivity contribution in [1.29, 1.82) is 0 Å². The number of pyridine rings is 1. The van der Waals surface area contributed by atoms with Crippen molar-refractivity contribution in [3.8, 4) is 0 Å². The Balaban J connectivity index is 1.93. The highest BCUT2D eigenvalue weighted by Crippen LogP contribution is 2.26. The number of amides is 1. The number of halogens is 3. The van der Waals surface area contributed by atoms with Gasteiger partial charge in [-0.15, -0.1) is 0 Å². The molecule has 1 saturated heterocycles. The smallest absolute Gasteiger partial charge is 0.351 e. The average Bonchev–Trinajstić information content (AvgIpc) is 2.46. The van der Waals surface area contributed by atoms with Crippen LogP contribution in [-0.4, -0.2) is 41.1 Å². The SMILES string of the molecule is CC1CC(C)CN(CC(C)NC(=O)Cn2cccc(C(F)(F)F)c2=O)C1. The van der Waals surface area contributed by atoms with E-state index < -0.39 is 29.8 Å². The van der Waals surface area contributed by atoms with Crippen LogP contribution in [0, 0.1) is 11.8 Å². The number of carbonyl (C=O) groups excluding carboxylic acids is 1. The highest BCUT2D eigenvalue weighted by molar-refractivity contribution is 5.76. The molecule has 0 aromatic carbocycles. The third-order valence-electron chi connectivity index (χ3n) is 4.52. The van der Waals surface area contributed by atoms with Gasteiger partial charge in [-0.3, -0.25) is 9.59 Å². The molecular weight excluding hydrogens is 347 g/mol. The summed E-state index contributed by atoms with van der Waals surface area (Å²) in [6, 6.07) is 1.69. The predicted octanol–water partition coefficient (Wildman–Crippen LogP) is 2.35. The first-order chi connectivity index (χ1) is 12.1. The van der Waals surface area contributed by atoms with Gasteiger partial charge in [0.25, 0.3) is 5.56 Å². The molecule has 5 nitrogen and oxygen atoms in total. The van der Waals surface area contributed by atoms with E-state index in [4.69, 9.17) is 0 Å². The maximum Gasteiger partial charge on any atom is 0.421 e. The van der Waals surface area contributed by atoms with Crippen LogP contribution in [0.5, 0.6) is 0 Å². The minimum atomic E-state index is -4.73. The Morgan fingerprint density at radius 2 is 1.92 bits per heavy atom. The van der Waals surface area contributed by atoms with E-state index in [1.807, 2.05) is 6.92 Å². The first kappa shape index (κ1) is 20.5. The van der Waals surface area contributed by atoms with Crippen LogP contribution in [0.4, 0.5) is 13.2 Å². The molecule has 3 unspecified atom stereocenters. The molecule has 146 valence electrons. The zero-order valence-electron chi connectivity index (χ0n) is 15.3. The zero-order valence-corrected chi connectivity index (χ0v) is 15.3. The number of nitrogens with zero attached hydrogens (tertiary/aromatic N) is 2. The Labute approximate surface area is 151 Å². The molecule has 1 fully saturated rings. The van der Waals surface area contributed by atoms with Gasteiger partial charge in [-0.05, 0) is 37.3 Å². The summed E-state index contributed by atoms with van der Waals surface area (Å²) in [5, 5.41) is 2.77. The first-order valence-corrected chi connectivity index (χ1v) is 8.84. The molecule has 26 heavy (non-hydrogen) atoms. The van der Waals surface area contributed by atoms with Gasteiger partial charge < -0.3 is 14.8 Å². The monoisotopic (exact) mass is 373 g/mol. The van der Waals surface area contributed by atoms with Crippen molar-refractivity contribution < 1.29 is 18.0 Å². The van der Waals surface area contributed by atoms with E-state index in [1.54, 1.807) is 0 Å². The Morgan fingerprint density at radius 3 is 2.50 bits per heavy atom. The van der Waals surface area contributed by atoms with E-state index in [9.17, 15) is 22.8 Å². The number of alkyl halides is 3. The highest BCUT2D eigenvalue weighted by atomic mass is 19.4. The number of likely N-dealkylation sites (tertiary alicyclic amines) is 1. The van der Waals surface area contributed by atoms with Crippen LogP contribution in [0.3, 0.4) is 0 Å². The molecule has 0 bridgehead atoms. The summed E-state index contributed by atoms with van der Waals surface area (Å²) in [5.74, 6) is 0.729. The van der Waals surface area contributed by atoms with Gasteiger partial charge in [-0.2, -0.15) is 13.2 Å². The minimum absolute atomic E-state index is 0.151. The largest absolute Gasteiger partial charge is 0.421 e. The van der Waals surface area contributed by atoms with Crippen LogP contribution in [0.2, 0.25) is 0 Å². The van der Waals surface area contributed by atoms with Crippen molar-refractivity contribution in [3.63, 3.8) is 0 Å². The number of rotatable bonds is 5. The zero-order chi connectivity index (χ0) is 19.5. The predicted molar refractivity (Wildman–Crippen MR) is 92.7 cm³/mol. The van der Waals surface area contributed by atoms with E-state index in [2.05, 4.69) is 24.1 Å². The first-order valence-electron chi connectivity index (χ1n) is 8.84. The number of piperidine rings is 1. The highest BCUT2D eigenvalue weighted by Gasteiger charge is 2.34. The van der Waals surface area contributed by atoms with Gasteiger partial charge in [0.2, 0.25) is 5.91 Å². The van der Waals surface area contributed by atoms with Gasteiger partial charge >= 0.3 is 6.18 Å². The van der Waals surface area contributed by atoms with Crippen LogP contribution in [-0.2, 0) is 17.5 Å². The normalized spacial score (nSPS) is 22.8. The van der Waals surface area contributed by atoms with Crippen LogP contribution >= 0.6 is 0 Å². The van der Waals surface area contributed by atoms with Crippen molar-refractivity contribution in [2.75, 3.05) is 19.6 Å². The van der Waals surface area contributed by atoms with Gasteiger partial charge in [-0.1, -0.05) is 13.8 Å². The van der Waals surface area contributed by atoms with Crippen molar-refractivity contribution in [1.82, 2.24) is 14.8 Å². The summed E-state index contributed by atoms with van der Waals surface area (Å²) < 4.78 is 39.1. The van der Waals surface area contributed by atoms with E-state index in [1.165, 1.54) is 12.6 Å². The lowest BCUT2D eigenvalue weighted by Crippen LogP contribution is -2.48. The van der Waals surface area contributed by atoms with Crippen molar-refractivity contribution >= 4 is 5.91 Å². The second-order valence-electron chi connectivity index (χ2n) is 7.49. The third kappa shape index (κ3) is 5.59. The van der Waals surface area contributed by atoms with E-state index >= 15 is 0 Å². The van der Waals surface area contributed by atoms with Crippen LogP contribution < -0.4 is 10.9 Å². The molecule has 1 N–H and O–H groups in total. The molecule has 1 aliphatic rings. The van der Waals surface area contributed by atoms with Gasteiger partial charge in [-0.25, -0.2) is 0 Å². The molecule has 8 heteroatoms. The molecule has 3 atom stereocenters. The summed E-state index contributed by atoms with van der Waals surface area (Å²) in [6.45, 7) is 8.45. The van der Waals surface area contributed by atoms with E-state index in [0.29, 0.717) is 18.4 Å². The fraction of sp³-hybridized carbons (Fsp3) is 0.667. The fourth-order valence-corrected chi connectivity index (χ4v) is 3.73. The summed E-state index contributed by atoms with van der Waals surface area (Å²) in [7, 11) is 0. The van der Waals surface area contributed by atoms with E-state index in [-0.39, 0.29) is 6.04 Å². The second-order valence-corrected chi connectivity index (χ2v) is 7.49. The minimum Gasteiger partial charge on any atom is -0.351 e. The summed E-state index contributed by atoms with van der Waals surface area (Å²) >= 11 is 0. The lowest BCUT2D eigenvalue weighted by molar-refractivity contribution is -0.139. The lowest BCUT2D eigenvalue weighted by Gasteiger charge is -2.36. The van der Waals surface area contributed by atoms with Crippen molar-refractivity contribution in [2.24, 2.45) is 11.8 Å². The fourth-order valence-electron chi connectivity index (χ4n) is 3.73. The number of aromatic nitrogens is 1. The third-order valence-corrected chi connectivity index (χ3v) is 4.52. The quantitative estimate of drug-likeness (QED) is 0.862. The number of carbonyl (C=O) groups is 1. The number of nitrogens with one attached hydrogen (secondary N) is 1. The van der Waals surface area contributed by atoms with Crippen molar-refractivity contribution in [2.45, 2.75) is 46.0 Å². The van der Waals surface area contributed by atoms with Crippen LogP contribution in [0.1, 0.15) is 32.8 Å². The Hall–Kier alpha value is -1.83. The standard InChI is InChI=1S/C18H26F3N3O2/c1-12-7-13(2)9-23(8-12)10-14(3)22-16(25)11-24-6-4-5-15(17(24)26)18(19,20)21/h4-6,12-14H,7-11H2,1-3H3,(H,22,25). The number of hydrogen-bond donors (Lipinski definition) is 1. The molecule has 1 aliphatic heterocycles. The van der Waals surface area contributed by atoms with Gasteiger partial charge in [0.1, 0.15) is 12.1 Å². The summed E-state index contributed by atoms with van der Waals surface area (Å²) in [5.41, 5.74) is -2.47. The Morgan fingerprint density at radius 1 is 1.31 bits per heavy atom. The topological polar surface area (TPSA) is 54.3 Å². The number of hydrogen-bond acceptors (Lipinski definition) is 3. The molecule has 2 rings (SSSR count).